The van der Waals surface area contributed by atoms with E-state index in [1.165, 1.54) is 0 Å². The van der Waals surface area contributed by atoms with E-state index in [1.807, 2.05) is 0 Å². The molecule has 0 aliphatic rings. The van der Waals surface area contributed by atoms with Gasteiger partial charge < -0.3 is 15.6 Å². The van der Waals surface area contributed by atoms with E-state index in [0.717, 1.165) is 11.3 Å². The zero-order chi connectivity index (χ0) is 14.5. The molecule has 0 radical (unpaired) electrons. The molecule has 0 saturated heterocycles. The molecule has 1 amide bonds. The van der Waals surface area contributed by atoms with Gasteiger partial charge in [-0.15, -0.1) is 0 Å². The van der Waals surface area contributed by atoms with Gasteiger partial charge in [-0.25, -0.2) is 0 Å². The van der Waals surface area contributed by atoms with Crippen molar-refractivity contribution in [2.45, 2.75) is 19.4 Å². The predicted octanol–water partition coefficient (Wildman–Crippen LogP) is 2.56. The Kier molecular flexibility index (Phi) is 4.81. The van der Waals surface area contributed by atoms with Gasteiger partial charge in [0.25, 0.3) is 0 Å². The maximum atomic E-state index is 11.8. The molecule has 0 aliphatic carbocycles. The first-order valence-corrected chi connectivity index (χ1v) is 7.31. The van der Waals surface area contributed by atoms with Crippen LogP contribution in [0.4, 0.5) is 11.4 Å². The van der Waals surface area contributed by atoms with Gasteiger partial charge in [0.15, 0.2) is 0 Å². The number of hydrogen-bond acceptors (Lipinski definition) is 4. The zero-order valence-corrected chi connectivity index (χ0v) is 12.2. The van der Waals surface area contributed by atoms with Gasteiger partial charge >= 0.3 is 4.87 Å². The Morgan fingerprint density at radius 3 is 2.95 bits per heavy atom. The lowest BCUT2D eigenvalue weighted by molar-refractivity contribution is -0.116. The summed E-state index contributed by atoms with van der Waals surface area (Å²) in [5.41, 5.74) is 6.72. The van der Waals surface area contributed by atoms with Crippen molar-refractivity contribution in [3.05, 3.63) is 44.5 Å². The van der Waals surface area contributed by atoms with Crippen molar-refractivity contribution >= 4 is 40.2 Å². The number of carbonyl (C=O) groups excluding carboxylic acids is 1. The minimum Gasteiger partial charge on any atom is -0.397 e. The van der Waals surface area contributed by atoms with Crippen LogP contribution in [0.3, 0.4) is 0 Å². The van der Waals surface area contributed by atoms with Gasteiger partial charge in [-0.05, 0) is 24.6 Å². The fourth-order valence-corrected chi connectivity index (χ4v) is 2.50. The van der Waals surface area contributed by atoms with Crippen LogP contribution in [0, 0.1) is 0 Å². The van der Waals surface area contributed by atoms with Crippen molar-refractivity contribution in [2.75, 3.05) is 11.1 Å². The Hall–Kier alpha value is -1.79. The molecule has 5 nitrogen and oxygen atoms in total. The molecule has 2 rings (SSSR count). The molecule has 0 aliphatic heterocycles. The smallest absolute Gasteiger partial charge is 0.307 e. The Labute approximate surface area is 125 Å². The molecule has 0 atom stereocenters. The third kappa shape index (κ3) is 3.85. The van der Waals surface area contributed by atoms with E-state index in [0.29, 0.717) is 35.8 Å². The van der Waals surface area contributed by atoms with Crippen LogP contribution in [0.1, 0.15) is 12.8 Å². The Morgan fingerprint density at radius 2 is 2.25 bits per heavy atom. The van der Waals surface area contributed by atoms with Crippen molar-refractivity contribution in [3.8, 4) is 0 Å². The summed E-state index contributed by atoms with van der Waals surface area (Å²) in [5.74, 6) is -0.151. The molecule has 106 valence electrons. The molecule has 3 N–H and O–H groups in total. The lowest BCUT2D eigenvalue weighted by Crippen LogP contribution is -2.16. The van der Waals surface area contributed by atoms with Gasteiger partial charge in [-0.1, -0.05) is 22.9 Å². The summed E-state index contributed by atoms with van der Waals surface area (Å²) in [5, 5.41) is 4.96. The van der Waals surface area contributed by atoms with Crippen LogP contribution in [-0.4, -0.2) is 10.5 Å². The van der Waals surface area contributed by atoms with E-state index in [9.17, 15) is 9.59 Å². The van der Waals surface area contributed by atoms with Crippen LogP contribution in [0.5, 0.6) is 0 Å². The fraction of sp³-hybridized carbons (Fsp3) is 0.231. The minimum absolute atomic E-state index is 0.00973. The van der Waals surface area contributed by atoms with Crippen LogP contribution in [-0.2, 0) is 11.3 Å². The number of aryl methyl sites for hydroxylation is 1. The number of halogens is 1. The van der Waals surface area contributed by atoms with Gasteiger partial charge in [0.05, 0.1) is 11.4 Å². The summed E-state index contributed by atoms with van der Waals surface area (Å²) in [6.07, 6.45) is 2.62. The highest BCUT2D eigenvalue weighted by Crippen LogP contribution is 2.23. The largest absolute Gasteiger partial charge is 0.397 e. The first-order valence-electron chi connectivity index (χ1n) is 6.05. The number of nitrogens with two attached hydrogens (primary N) is 1. The fourth-order valence-electron chi connectivity index (χ4n) is 1.72. The number of hydrogen-bond donors (Lipinski definition) is 2. The van der Waals surface area contributed by atoms with Crippen LogP contribution in [0.25, 0.3) is 0 Å². The van der Waals surface area contributed by atoms with Gasteiger partial charge in [-0.2, -0.15) is 0 Å². The topological polar surface area (TPSA) is 77.1 Å². The Bertz CT molecular complexity index is 666. The summed E-state index contributed by atoms with van der Waals surface area (Å²) in [7, 11) is 0. The number of rotatable bonds is 5. The number of nitrogens with one attached hydrogen (secondary N) is 1. The van der Waals surface area contributed by atoms with Crippen LogP contribution < -0.4 is 15.9 Å². The molecule has 1 heterocycles. The molecular weight excluding hydrogens is 298 g/mol. The van der Waals surface area contributed by atoms with Crippen molar-refractivity contribution in [2.24, 2.45) is 0 Å². The van der Waals surface area contributed by atoms with Crippen LogP contribution in [0.2, 0.25) is 5.02 Å². The molecular formula is C13H14ClN3O2S. The quantitative estimate of drug-likeness (QED) is 0.833. The van der Waals surface area contributed by atoms with Gasteiger partial charge in [-0.3, -0.25) is 9.59 Å². The summed E-state index contributed by atoms with van der Waals surface area (Å²) in [6.45, 7) is 0.529. The Balaban J connectivity index is 1.85. The monoisotopic (exact) mass is 311 g/mol. The number of nitrogen functional groups attached to an aromatic ring is 1. The number of carbonyl (C=O) groups is 1. The van der Waals surface area contributed by atoms with E-state index in [-0.39, 0.29) is 10.8 Å². The number of nitrogens with zero attached hydrogens (tertiary/aromatic N) is 1. The molecule has 1 aromatic heterocycles. The minimum atomic E-state index is -0.151. The highest BCUT2D eigenvalue weighted by molar-refractivity contribution is 7.07. The molecule has 20 heavy (non-hydrogen) atoms. The van der Waals surface area contributed by atoms with Crippen molar-refractivity contribution in [1.82, 2.24) is 4.57 Å². The Morgan fingerprint density at radius 1 is 1.45 bits per heavy atom. The average Bonchev–Trinajstić information content (AvgIpc) is 2.80. The SMILES string of the molecule is Nc1ccc(Cl)cc1NC(=O)CCCn1ccsc1=O. The second kappa shape index (κ2) is 6.58. The highest BCUT2D eigenvalue weighted by atomic mass is 35.5. The summed E-state index contributed by atoms with van der Waals surface area (Å²) >= 11 is 6.99. The van der Waals surface area contributed by atoms with Crippen molar-refractivity contribution in [3.63, 3.8) is 0 Å². The highest BCUT2D eigenvalue weighted by Gasteiger charge is 2.06. The normalized spacial score (nSPS) is 10.4. The molecule has 0 spiro atoms. The molecule has 2 aromatic rings. The summed E-state index contributed by atoms with van der Waals surface area (Å²) in [4.78, 5) is 23.1. The van der Waals surface area contributed by atoms with Crippen molar-refractivity contribution in [1.29, 1.82) is 0 Å². The molecule has 0 fully saturated rings. The molecule has 7 heteroatoms. The van der Waals surface area contributed by atoms with Crippen molar-refractivity contribution < 1.29 is 4.79 Å². The average molecular weight is 312 g/mol. The number of amides is 1. The van der Waals surface area contributed by atoms with E-state index in [2.05, 4.69) is 5.32 Å². The second-order valence-electron chi connectivity index (χ2n) is 4.25. The number of aromatic nitrogens is 1. The van der Waals surface area contributed by atoms with E-state index in [1.54, 1.807) is 34.3 Å². The van der Waals surface area contributed by atoms with Gasteiger partial charge in [0.1, 0.15) is 0 Å². The number of anilines is 2. The number of benzene rings is 1. The van der Waals surface area contributed by atoms with E-state index < -0.39 is 0 Å². The number of thiazole rings is 1. The van der Waals surface area contributed by atoms with E-state index in [4.69, 9.17) is 17.3 Å². The van der Waals surface area contributed by atoms with Gasteiger partial charge in [0.2, 0.25) is 5.91 Å². The van der Waals surface area contributed by atoms with Crippen LogP contribution >= 0.6 is 22.9 Å². The molecule has 1 aromatic carbocycles. The standard InChI is InChI=1S/C13H14ClN3O2S/c14-9-3-4-10(15)11(8-9)16-12(18)2-1-5-17-6-7-20-13(17)19/h3-4,6-8H,1-2,5,15H2,(H,16,18). The zero-order valence-electron chi connectivity index (χ0n) is 10.6. The summed E-state index contributed by atoms with van der Waals surface area (Å²) < 4.78 is 1.59. The summed E-state index contributed by atoms with van der Waals surface area (Å²) in [6, 6.07) is 4.91. The first kappa shape index (κ1) is 14.6. The second-order valence-corrected chi connectivity index (χ2v) is 5.54. The maximum absolute atomic E-state index is 11.8. The first-order chi connectivity index (χ1) is 9.56. The predicted molar refractivity (Wildman–Crippen MR) is 82.3 cm³/mol. The molecule has 0 unspecified atom stereocenters. The maximum Gasteiger partial charge on any atom is 0.307 e. The van der Waals surface area contributed by atoms with E-state index >= 15 is 0 Å². The lowest BCUT2D eigenvalue weighted by atomic mass is 10.2. The van der Waals surface area contributed by atoms with Gasteiger partial charge in [0, 0.05) is 29.6 Å². The third-order valence-corrected chi connectivity index (χ3v) is 3.67. The molecule has 0 saturated carbocycles. The molecule has 0 bridgehead atoms. The third-order valence-electron chi connectivity index (χ3n) is 2.74. The lowest BCUT2D eigenvalue weighted by Gasteiger charge is -2.08. The van der Waals surface area contributed by atoms with Crippen LogP contribution in [0.15, 0.2) is 34.6 Å².